The largest absolute Gasteiger partial charge is 0.496 e. The van der Waals surface area contributed by atoms with Crippen LogP contribution in [0.4, 0.5) is 5.69 Å². The van der Waals surface area contributed by atoms with E-state index < -0.39 is 16.4 Å². The molecule has 0 aliphatic carbocycles. The number of carboxylic acid groups (broad SMARTS) is 1. The second-order valence-electron chi connectivity index (χ2n) is 3.04. The fourth-order valence-corrected chi connectivity index (χ4v) is 1.34. The number of carbonyl (C=O) groups is 1. The number of anilines is 1. The third-order valence-corrected chi connectivity index (χ3v) is 2.10. The average Bonchev–Trinajstić information content (AvgIpc) is 2.26. The maximum Gasteiger partial charge on any atom is 0.394 e. The molecule has 0 unspecified atom stereocenters. The van der Waals surface area contributed by atoms with Gasteiger partial charge in [0.25, 0.3) is 0 Å². The molecule has 0 aliphatic heterocycles. The standard InChI is InChI=1S/C9H10ClNO3.H2O4S/c1-11-7-4-8(14-2)5(9(12)13)3-6(7)10;1-5(2,3)4/h3-4,11H,1-2H3,(H,12,13);(H2,1,2,3,4). The van der Waals surface area contributed by atoms with Gasteiger partial charge in [0.2, 0.25) is 0 Å². The molecule has 0 saturated carbocycles. The SMILES string of the molecule is CNc1cc(OC)c(C(=O)O)cc1Cl.O=S(=O)(O)O. The number of hydrogen-bond acceptors (Lipinski definition) is 5. The molecule has 0 aromatic heterocycles. The molecule has 1 rings (SSSR count). The summed E-state index contributed by atoms with van der Waals surface area (Å²) in [5, 5.41) is 12.0. The Morgan fingerprint density at radius 2 is 1.84 bits per heavy atom. The van der Waals surface area contributed by atoms with Gasteiger partial charge in [0.15, 0.2) is 0 Å². The summed E-state index contributed by atoms with van der Waals surface area (Å²) in [6.45, 7) is 0. The van der Waals surface area contributed by atoms with E-state index in [1.54, 1.807) is 13.1 Å². The van der Waals surface area contributed by atoms with E-state index in [0.717, 1.165) is 0 Å². The zero-order valence-corrected chi connectivity index (χ0v) is 11.5. The summed E-state index contributed by atoms with van der Waals surface area (Å²) in [5.41, 5.74) is 0.685. The Morgan fingerprint density at radius 1 is 1.37 bits per heavy atom. The molecule has 0 heterocycles. The molecule has 0 radical (unpaired) electrons. The lowest BCUT2D eigenvalue weighted by atomic mass is 10.2. The molecule has 19 heavy (non-hydrogen) atoms. The van der Waals surface area contributed by atoms with E-state index in [1.165, 1.54) is 13.2 Å². The highest BCUT2D eigenvalue weighted by molar-refractivity contribution is 7.79. The molecule has 10 heteroatoms. The molecule has 1 aromatic rings. The monoisotopic (exact) mass is 313 g/mol. The first-order valence-corrected chi connectivity index (χ1v) is 6.36. The molecule has 0 aliphatic rings. The van der Waals surface area contributed by atoms with Gasteiger partial charge in [0.1, 0.15) is 11.3 Å². The van der Waals surface area contributed by atoms with E-state index in [1.807, 2.05) is 0 Å². The van der Waals surface area contributed by atoms with Crippen molar-refractivity contribution in [3.63, 3.8) is 0 Å². The van der Waals surface area contributed by atoms with Crippen molar-refractivity contribution < 1.29 is 32.2 Å². The molecule has 8 nitrogen and oxygen atoms in total. The number of benzene rings is 1. The van der Waals surface area contributed by atoms with Gasteiger partial charge < -0.3 is 15.2 Å². The van der Waals surface area contributed by atoms with Crippen LogP contribution in [0.15, 0.2) is 12.1 Å². The first kappa shape index (κ1) is 17.4. The number of methoxy groups -OCH3 is 1. The Balaban J connectivity index is 0.000000555. The number of halogens is 1. The van der Waals surface area contributed by atoms with Crippen LogP contribution in [0.1, 0.15) is 10.4 Å². The lowest BCUT2D eigenvalue weighted by Crippen LogP contribution is -2.02. The lowest BCUT2D eigenvalue weighted by molar-refractivity contribution is 0.0693. The van der Waals surface area contributed by atoms with Gasteiger partial charge in [-0.05, 0) is 6.07 Å². The number of aromatic carboxylic acids is 1. The maximum absolute atomic E-state index is 10.8. The average molecular weight is 314 g/mol. The molecule has 0 spiro atoms. The first-order valence-electron chi connectivity index (χ1n) is 4.58. The summed E-state index contributed by atoms with van der Waals surface area (Å²) in [7, 11) is -1.56. The molecular formula is C9H12ClNO7S. The summed E-state index contributed by atoms with van der Waals surface area (Å²) in [4.78, 5) is 10.8. The Labute approximate surface area is 114 Å². The topological polar surface area (TPSA) is 133 Å². The predicted octanol–water partition coefficient (Wildman–Crippen LogP) is 1.44. The third-order valence-electron chi connectivity index (χ3n) is 1.79. The Kier molecular flexibility index (Phi) is 6.56. The van der Waals surface area contributed by atoms with Crippen LogP contribution in [0.5, 0.6) is 5.75 Å². The smallest absolute Gasteiger partial charge is 0.394 e. The van der Waals surface area contributed by atoms with E-state index in [-0.39, 0.29) is 11.3 Å². The lowest BCUT2D eigenvalue weighted by Gasteiger charge is -2.09. The van der Waals surface area contributed by atoms with Crippen LogP contribution in [-0.2, 0) is 10.4 Å². The maximum atomic E-state index is 10.8. The van der Waals surface area contributed by atoms with Crippen LogP contribution >= 0.6 is 11.6 Å². The molecule has 0 fully saturated rings. The fraction of sp³-hybridized carbons (Fsp3) is 0.222. The molecule has 1 aromatic carbocycles. The number of hydrogen-bond donors (Lipinski definition) is 4. The second kappa shape index (κ2) is 7.14. The molecule has 108 valence electrons. The molecule has 0 saturated heterocycles. The van der Waals surface area contributed by atoms with Crippen molar-refractivity contribution >= 4 is 33.7 Å². The summed E-state index contributed by atoms with van der Waals surface area (Å²) < 4.78 is 36.5. The first-order chi connectivity index (χ1) is 8.60. The second-order valence-corrected chi connectivity index (χ2v) is 4.34. The van der Waals surface area contributed by atoms with Crippen LogP contribution in [-0.4, -0.2) is 42.8 Å². The highest BCUT2D eigenvalue weighted by Gasteiger charge is 2.13. The quantitative estimate of drug-likeness (QED) is 0.616. The molecule has 0 amide bonds. The number of rotatable bonds is 3. The van der Waals surface area contributed by atoms with Crippen molar-refractivity contribution in [2.24, 2.45) is 0 Å². The highest BCUT2D eigenvalue weighted by atomic mass is 35.5. The Hall–Kier alpha value is -1.55. The van der Waals surface area contributed by atoms with Crippen molar-refractivity contribution in [2.45, 2.75) is 0 Å². The van der Waals surface area contributed by atoms with Gasteiger partial charge in [-0.1, -0.05) is 11.6 Å². The predicted molar refractivity (Wildman–Crippen MR) is 68.7 cm³/mol. The van der Waals surface area contributed by atoms with Crippen molar-refractivity contribution in [3.05, 3.63) is 22.7 Å². The molecule has 4 N–H and O–H groups in total. The van der Waals surface area contributed by atoms with Crippen molar-refractivity contribution in [1.82, 2.24) is 0 Å². The summed E-state index contributed by atoms with van der Waals surface area (Å²) in [5.74, 6) is -0.780. The van der Waals surface area contributed by atoms with Gasteiger partial charge >= 0.3 is 16.4 Å². The van der Waals surface area contributed by atoms with Gasteiger partial charge in [0.05, 0.1) is 17.8 Å². The van der Waals surface area contributed by atoms with Crippen molar-refractivity contribution in [1.29, 1.82) is 0 Å². The summed E-state index contributed by atoms with van der Waals surface area (Å²) in [6, 6.07) is 2.90. The van der Waals surface area contributed by atoms with Crippen LogP contribution < -0.4 is 10.1 Å². The Bertz CT molecular complexity index is 550. The van der Waals surface area contributed by atoms with Crippen molar-refractivity contribution in [3.8, 4) is 5.75 Å². The fourth-order valence-electron chi connectivity index (χ4n) is 1.08. The van der Waals surface area contributed by atoms with E-state index in [0.29, 0.717) is 10.7 Å². The van der Waals surface area contributed by atoms with Crippen LogP contribution in [0, 0.1) is 0 Å². The minimum absolute atomic E-state index is 0.0523. The van der Waals surface area contributed by atoms with E-state index in [9.17, 15) is 4.79 Å². The summed E-state index contributed by atoms with van der Waals surface area (Å²) in [6.07, 6.45) is 0. The van der Waals surface area contributed by atoms with Gasteiger partial charge in [0, 0.05) is 13.1 Å². The van der Waals surface area contributed by atoms with E-state index >= 15 is 0 Å². The number of carboxylic acids is 1. The van der Waals surface area contributed by atoms with E-state index in [2.05, 4.69) is 5.32 Å². The normalized spacial score (nSPS) is 10.2. The van der Waals surface area contributed by atoms with E-state index in [4.69, 9.17) is 39.0 Å². The Morgan fingerprint density at radius 3 is 2.16 bits per heavy atom. The van der Waals surface area contributed by atoms with Crippen molar-refractivity contribution in [2.75, 3.05) is 19.5 Å². The highest BCUT2D eigenvalue weighted by Crippen LogP contribution is 2.30. The zero-order valence-electron chi connectivity index (χ0n) is 9.92. The van der Waals surface area contributed by atoms with Crippen LogP contribution in [0.25, 0.3) is 0 Å². The van der Waals surface area contributed by atoms with Gasteiger partial charge in [-0.15, -0.1) is 0 Å². The van der Waals surface area contributed by atoms with Gasteiger partial charge in [-0.25, -0.2) is 4.79 Å². The number of nitrogens with one attached hydrogen (secondary N) is 1. The third kappa shape index (κ3) is 6.82. The number of ether oxygens (including phenoxy) is 1. The summed E-state index contributed by atoms with van der Waals surface area (Å²) >= 11 is 5.82. The van der Waals surface area contributed by atoms with Gasteiger partial charge in [-0.3, -0.25) is 9.11 Å². The van der Waals surface area contributed by atoms with Crippen LogP contribution in [0.3, 0.4) is 0 Å². The minimum atomic E-state index is -4.67. The molecule has 0 bridgehead atoms. The molecular weight excluding hydrogens is 302 g/mol. The molecule has 0 atom stereocenters. The van der Waals surface area contributed by atoms with Crippen LogP contribution in [0.2, 0.25) is 5.02 Å². The van der Waals surface area contributed by atoms with Gasteiger partial charge in [-0.2, -0.15) is 8.42 Å². The minimum Gasteiger partial charge on any atom is -0.496 e. The zero-order chi connectivity index (χ0) is 15.2.